The molecule has 0 radical (unpaired) electrons. The molecule has 2 unspecified atom stereocenters. The van der Waals surface area contributed by atoms with Crippen LogP contribution in [0.4, 0.5) is 0 Å². The molecule has 1 fully saturated rings. The highest BCUT2D eigenvalue weighted by molar-refractivity contribution is 5.64. The highest BCUT2D eigenvalue weighted by Crippen LogP contribution is 2.33. The van der Waals surface area contributed by atoms with Gasteiger partial charge in [-0.05, 0) is 60.3 Å². The summed E-state index contributed by atoms with van der Waals surface area (Å²) in [6, 6.07) is 18.3. The average Bonchev–Trinajstić information content (AvgIpc) is 2.82. The van der Waals surface area contributed by atoms with Crippen molar-refractivity contribution < 1.29 is 4.74 Å². The molecule has 1 saturated heterocycles. The minimum absolute atomic E-state index is 0.288. The van der Waals surface area contributed by atoms with Gasteiger partial charge in [-0.3, -0.25) is 0 Å². The molecule has 0 amide bonds. The van der Waals surface area contributed by atoms with Crippen molar-refractivity contribution in [3.05, 3.63) is 59.7 Å². The third kappa shape index (κ3) is 8.11. The van der Waals surface area contributed by atoms with Crippen molar-refractivity contribution in [2.75, 3.05) is 6.61 Å². The zero-order chi connectivity index (χ0) is 21.7. The summed E-state index contributed by atoms with van der Waals surface area (Å²) in [7, 11) is 0. The fourth-order valence-corrected chi connectivity index (χ4v) is 4.84. The van der Waals surface area contributed by atoms with Crippen LogP contribution in [0.1, 0.15) is 108 Å². The number of aryl methyl sites for hydroxylation is 1. The van der Waals surface area contributed by atoms with E-state index in [9.17, 15) is 0 Å². The van der Waals surface area contributed by atoms with Gasteiger partial charge in [-0.15, -0.1) is 0 Å². The van der Waals surface area contributed by atoms with Crippen LogP contribution < -0.4 is 0 Å². The molecule has 0 N–H and O–H groups in total. The SMILES string of the molecule is CCCCCCCCC1CCC(c2ccc(-c3ccc(CCCCC)cc3)cc2)OC1. The molecule has 1 heteroatoms. The lowest BCUT2D eigenvalue weighted by atomic mass is 9.90. The van der Waals surface area contributed by atoms with Crippen molar-refractivity contribution >= 4 is 0 Å². The summed E-state index contributed by atoms with van der Waals surface area (Å²) >= 11 is 0. The molecule has 170 valence electrons. The van der Waals surface area contributed by atoms with E-state index in [-0.39, 0.29) is 6.10 Å². The molecule has 31 heavy (non-hydrogen) atoms. The first-order chi connectivity index (χ1) is 15.3. The third-order valence-corrected chi connectivity index (χ3v) is 6.97. The molecule has 2 aromatic rings. The smallest absolute Gasteiger partial charge is 0.0825 e. The van der Waals surface area contributed by atoms with Crippen molar-refractivity contribution in [1.82, 2.24) is 0 Å². The fourth-order valence-electron chi connectivity index (χ4n) is 4.84. The summed E-state index contributed by atoms with van der Waals surface area (Å²) in [6.45, 7) is 5.50. The van der Waals surface area contributed by atoms with Crippen molar-refractivity contribution in [3.8, 4) is 11.1 Å². The first kappa shape index (κ1) is 24.1. The van der Waals surface area contributed by atoms with Crippen LogP contribution in [-0.2, 0) is 11.2 Å². The molecule has 0 bridgehead atoms. The number of hydrogen-bond donors (Lipinski definition) is 0. The molecule has 1 aliphatic rings. The normalized spacial score (nSPS) is 18.9. The first-order valence-electron chi connectivity index (χ1n) is 13.1. The number of hydrogen-bond acceptors (Lipinski definition) is 1. The standard InChI is InChI=1S/C30H44O/c1-3-5-7-8-9-11-13-26-16-23-30(31-24-26)29-21-19-28(20-22-29)27-17-14-25(15-18-27)12-10-6-4-2/h14-15,17-22,26,30H,3-13,16,23-24H2,1-2H3. The van der Waals surface area contributed by atoms with Gasteiger partial charge in [0.2, 0.25) is 0 Å². The van der Waals surface area contributed by atoms with Gasteiger partial charge >= 0.3 is 0 Å². The monoisotopic (exact) mass is 420 g/mol. The molecule has 0 aromatic heterocycles. The zero-order valence-corrected chi connectivity index (χ0v) is 20.1. The maximum atomic E-state index is 6.28. The molecule has 2 atom stereocenters. The highest BCUT2D eigenvalue weighted by Gasteiger charge is 2.22. The average molecular weight is 421 g/mol. The molecule has 2 aromatic carbocycles. The van der Waals surface area contributed by atoms with E-state index in [4.69, 9.17) is 4.74 Å². The molecule has 0 saturated carbocycles. The van der Waals surface area contributed by atoms with Crippen molar-refractivity contribution in [2.45, 2.75) is 103 Å². The van der Waals surface area contributed by atoms with Gasteiger partial charge < -0.3 is 4.74 Å². The van der Waals surface area contributed by atoms with Gasteiger partial charge in [0.05, 0.1) is 12.7 Å². The second-order valence-electron chi connectivity index (χ2n) is 9.60. The van der Waals surface area contributed by atoms with Crippen LogP contribution in [0.25, 0.3) is 11.1 Å². The molecular weight excluding hydrogens is 376 g/mol. The number of rotatable bonds is 13. The van der Waals surface area contributed by atoms with E-state index in [0.717, 1.165) is 12.5 Å². The lowest BCUT2D eigenvalue weighted by Gasteiger charge is -2.29. The van der Waals surface area contributed by atoms with Crippen LogP contribution >= 0.6 is 0 Å². The van der Waals surface area contributed by atoms with E-state index in [1.165, 1.54) is 106 Å². The van der Waals surface area contributed by atoms with Gasteiger partial charge in [0, 0.05) is 0 Å². The lowest BCUT2D eigenvalue weighted by molar-refractivity contribution is -0.0199. The Morgan fingerprint density at radius 3 is 1.94 bits per heavy atom. The zero-order valence-electron chi connectivity index (χ0n) is 20.1. The Labute approximate surface area is 191 Å². The predicted octanol–water partition coefficient (Wildman–Crippen LogP) is 9.30. The topological polar surface area (TPSA) is 9.23 Å². The van der Waals surface area contributed by atoms with Gasteiger partial charge in [-0.2, -0.15) is 0 Å². The van der Waals surface area contributed by atoms with Gasteiger partial charge in [-0.25, -0.2) is 0 Å². The molecule has 1 heterocycles. The van der Waals surface area contributed by atoms with Gasteiger partial charge in [0.1, 0.15) is 0 Å². The minimum Gasteiger partial charge on any atom is -0.373 e. The Balaban J connectivity index is 1.41. The van der Waals surface area contributed by atoms with Crippen LogP contribution in [0, 0.1) is 5.92 Å². The number of unbranched alkanes of at least 4 members (excludes halogenated alkanes) is 7. The van der Waals surface area contributed by atoms with E-state index in [1.807, 2.05) is 0 Å². The number of benzene rings is 2. The largest absolute Gasteiger partial charge is 0.373 e. The Morgan fingerprint density at radius 1 is 0.677 bits per heavy atom. The van der Waals surface area contributed by atoms with Crippen molar-refractivity contribution in [3.63, 3.8) is 0 Å². The molecule has 0 spiro atoms. The van der Waals surface area contributed by atoms with E-state index < -0.39 is 0 Å². The van der Waals surface area contributed by atoms with Crippen LogP contribution in [0.15, 0.2) is 48.5 Å². The van der Waals surface area contributed by atoms with E-state index in [0.29, 0.717) is 0 Å². The lowest BCUT2D eigenvalue weighted by Crippen LogP contribution is -2.20. The van der Waals surface area contributed by atoms with Crippen LogP contribution in [0.2, 0.25) is 0 Å². The second kappa shape index (κ2) is 13.7. The number of ether oxygens (including phenoxy) is 1. The summed E-state index contributed by atoms with van der Waals surface area (Å²) < 4.78 is 6.28. The molecular formula is C30H44O. The summed E-state index contributed by atoms with van der Waals surface area (Å²) in [5, 5.41) is 0. The summed E-state index contributed by atoms with van der Waals surface area (Å²) in [5.74, 6) is 0.775. The van der Waals surface area contributed by atoms with E-state index in [1.54, 1.807) is 0 Å². The van der Waals surface area contributed by atoms with Gasteiger partial charge in [0.25, 0.3) is 0 Å². The summed E-state index contributed by atoms with van der Waals surface area (Å²) in [5.41, 5.74) is 5.42. The van der Waals surface area contributed by atoms with Gasteiger partial charge in [0.15, 0.2) is 0 Å². The maximum absolute atomic E-state index is 6.28. The highest BCUT2D eigenvalue weighted by atomic mass is 16.5. The van der Waals surface area contributed by atoms with Crippen LogP contribution in [0.5, 0.6) is 0 Å². The van der Waals surface area contributed by atoms with Crippen LogP contribution in [0.3, 0.4) is 0 Å². The summed E-state index contributed by atoms with van der Waals surface area (Å²) in [4.78, 5) is 0. The Kier molecular flexibility index (Phi) is 10.7. The van der Waals surface area contributed by atoms with E-state index >= 15 is 0 Å². The second-order valence-corrected chi connectivity index (χ2v) is 9.60. The van der Waals surface area contributed by atoms with Crippen LogP contribution in [-0.4, -0.2) is 6.61 Å². The first-order valence-corrected chi connectivity index (χ1v) is 13.1. The molecule has 3 rings (SSSR count). The molecule has 0 aliphatic carbocycles. The van der Waals surface area contributed by atoms with Gasteiger partial charge in [-0.1, -0.05) is 114 Å². The molecule has 1 aliphatic heterocycles. The molecule has 1 nitrogen and oxygen atoms in total. The Bertz CT molecular complexity index is 707. The predicted molar refractivity (Wildman–Crippen MR) is 135 cm³/mol. The Morgan fingerprint density at radius 2 is 1.29 bits per heavy atom. The van der Waals surface area contributed by atoms with Crippen molar-refractivity contribution in [1.29, 1.82) is 0 Å². The fraction of sp³-hybridized carbons (Fsp3) is 0.600. The quantitative estimate of drug-likeness (QED) is 0.293. The Hall–Kier alpha value is -1.60. The van der Waals surface area contributed by atoms with Crippen molar-refractivity contribution in [2.24, 2.45) is 5.92 Å². The maximum Gasteiger partial charge on any atom is 0.0825 e. The minimum atomic E-state index is 0.288. The summed E-state index contributed by atoms with van der Waals surface area (Å²) in [6.07, 6.45) is 17.6. The van der Waals surface area contributed by atoms with E-state index in [2.05, 4.69) is 62.4 Å². The third-order valence-electron chi connectivity index (χ3n) is 6.97.